The van der Waals surface area contributed by atoms with Gasteiger partial charge >= 0.3 is 0 Å². The van der Waals surface area contributed by atoms with Crippen LogP contribution in [-0.2, 0) is 0 Å². The minimum Gasteiger partial charge on any atom is -0.313 e. The van der Waals surface area contributed by atoms with Crippen LogP contribution < -0.4 is 5.32 Å². The van der Waals surface area contributed by atoms with Crippen molar-refractivity contribution in [3.8, 4) is 0 Å². The number of hydrogen-bond donors (Lipinski definition) is 1. The van der Waals surface area contributed by atoms with Gasteiger partial charge in [0.15, 0.2) is 0 Å². The highest BCUT2D eigenvalue weighted by molar-refractivity contribution is 4.69. The van der Waals surface area contributed by atoms with E-state index >= 15 is 0 Å². The maximum absolute atomic E-state index is 3.47. The summed E-state index contributed by atoms with van der Waals surface area (Å²) in [6.07, 6.45) is 2.55. The van der Waals surface area contributed by atoms with Crippen LogP contribution in [0.2, 0.25) is 0 Å². The van der Waals surface area contributed by atoms with Gasteiger partial charge in [-0.05, 0) is 20.5 Å². The number of likely N-dealkylation sites (N-methyl/N-ethyl adjacent to an activating group) is 1. The molecule has 0 aliphatic heterocycles. The molecule has 0 aromatic carbocycles. The van der Waals surface area contributed by atoms with Crippen molar-refractivity contribution in [2.24, 2.45) is 0 Å². The molecule has 0 rings (SSSR count). The van der Waals surface area contributed by atoms with E-state index in [9.17, 15) is 0 Å². The molecule has 1 atom stereocenters. The summed E-state index contributed by atoms with van der Waals surface area (Å²) in [6.45, 7) is 7.74. The molecule has 1 unspecified atom stereocenters. The molecule has 0 aliphatic rings. The number of hydrogen-bond acceptors (Lipinski definition) is 2. The van der Waals surface area contributed by atoms with Gasteiger partial charge in [0.1, 0.15) is 0 Å². The van der Waals surface area contributed by atoms with E-state index in [1.807, 2.05) is 0 Å². The molecular weight excluding hydrogens is 148 g/mol. The van der Waals surface area contributed by atoms with Crippen LogP contribution in [0.3, 0.4) is 0 Å². The van der Waals surface area contributed by atoms with Crippen LogP contribution in [0.25, 0.3) is 0 Å². The second-order valence-corrected chi connectivity index (χ2v) is 3.97. The third kappa shape index (κ3) is 5.56. The molecule has 0 saturated carbocycles. The normalized spacial score (nSPS) is 14.2. The lowest BCUT2D eigenvalue weighted by Gasteiger charge is -2.25. The van der Waals surface area contributed by atoms with E-state index in [1.165, 1.54) is 12.8 Å². The van der Waals surface area contributed by atoms with E-state index in [-0.39, 0.29) is 0 Å². The second-order valence-electron chi connectivity index (χ2n) is 3.97. The zero-order chi connectivity index (χ0) is 9.56. The van der Waals surface area contributed by atoms with Gasteiger partial charge in [0.2, 0.25) is 0 Å². The van der Waals surface area contributed by atoms with Crippen LogP contribution in [0, 0.1) is 0 Å². The van der Waals surface area contributed by atoms with Crippen LogP contribution in [0.15, 0.2) is 0 Å². The summed E-state index contributed by atoms with van der Waals surface area (Å²) in [5, 5.41) is 3.47. The Morgan fingerprint density at radius 3 is 2.17 bits per heavy atom. The summed E-state index contributed by atoms with van der Waals surface area (Å²) in [4.78, 5) is 2.30. The second kappa shape index (κ2) is 6.44. The monoisotopic (exact) mass is 172 g/mol. The van der Waals surface area contributed by atoms with Crippen LogP contribution in [0.5, 0.6) is 0 Å². The van der Waals surface area contributed by atoms with Crippen molar-refractivity contribution in [3.63, 3.8) is 0 Å². The average molecular weight is 172 g/mol. The van der Waals surface area contributed by atoms with Gasteiger partial charge in [-0.3, -0.25) is 0 Å². The van der Waals surface area contributed by atoms with E-state index in [0.717, 1.165) is 6.54 Å². The lowest BCUT2D eigenvalue weighted by molar-refractivity contribution is 0.263. The van der Waals surface area contributed by atoms with Gasteiger partial charge < -0.3 is 10.2 Å². The summed E-state index contributed by atoms with van der Waals surface area (Å²) in [6, 6.07) is 1.29. The summed E-state index contributed by atoms with van der Waals surface area (Å²) in [5.74, 6) is 0. The van der Waals surface area contributed by atoms with Crippen molar-refractivity contribution >= 4 is 0 Å². The molecule has 0 aliphatic carbocycles. The van der Waals surface area contributed by atoms with E-state index in [4.69, 9.17) is 0 Å². The predicted octanol–water partition coefficient (Wildman–Crippen LogP) is 1.71. The molecule has 0 aromatic rings. The third-order valence-corrected chi connectivity index (χ3v) is 2.11. The lowest BCUT2D eigenvalue weighted by Crippen LogP contribution is -2.40. The van der Waals surface area contributed by atoms with Gasteiger partial charge in [0, 0.05) is 18.6 Å². The van der Waals surface area contributed by atoms with E-state index in [2.05, 4.69) is 45.1 Å². The fourth-order valence-corrected chi connectivity index (χ4v) is 1.25. The van der Waals surface area contributed by atoms with Crippen molar-refractivity contribution in [3.05, 3.63) is 0 Å². The van der Waals surface area contributed by atoms with Crippen LogP contribution in [-0.4, -0.2) is 37.6 Å². The Bertz CT molecular complexity index is 100. The SMILES string of the molecule is CCCC(CNC(C)C)N(C)C. The number of rotatable bonds is 6. The summed E-state index contributed by atoms with van der Waals surface area (Å²) >= 11 is 0. The molecule has 0 aromatic heterocycles. The fraction of sp³-hybridized carbons (Fsp3) is 1.00. The van der Waals surface area contributed by atoms with E-state index in [1.54, 1.807) is 0 Å². The largest absolute Gasteiger partial charge is 0.313 e. The van der Waals surface area contributed by atoms with Gasteiger partial charge in [-0.25, -0.2) is 0 Å². The zero-order valence-electron chi connectivity index (χ0n) is 9.22. The molecule has 12 heavy (non-hydrogen) atoms. The highest BCUT2D eigenvalue weighted by atomic mass is 15.1. The molecule has 1 N–H and O–H groups in total. The lowest BCUT2D eigenvalue weighted by atomic mass is 10.1. The van der Waals surface area contributed by atoms with Crippen molar-refractivity contribution < 1.29 is 0 Å². The van der Waals surface area contributed by atoms with Gasteiger partial charge in [0.05, 0.1) is 0 Å². The van der Waals surface area contributed by atoms with Crippen molar-refractivity contribution in [2.75, 3.05) is 20.6 Å². The minimum atomic E-state index is 0.601. The zero-order valence-corrected chi connectivity index (χ0v) is 9.22. The molecule has 0 saturated heterocycles. The molecule has 0 spiro atoms. The maximum atomic E-state index is 3.47. The van der Waals surface area contributed by atoms with Gasteiger partial charge in [-0.2, -0.15) is 0 Å². The standard InChI is InChI=1S/C10H24N2/c1-6-7-10(12(4)5)8-11-9(2)3/h9-11H,6-8H2,1-5H3. The van der Waals surface area contributed by atoms with E-state index < -0.39 is 0 Å². The van der Waals surface area contributed by atoms with Gasteiger partial charge in [0.25, 0.3) is 0 Å². The predicted molar refractivity (Wildman–Crippen MR) is 55.5 cm³/mol. The van der Waals surface area contributed by atoms with Crippen molar-refractivity contribution in [1.82, 2.24) is 10.2 Å². The topological polar surface area (TPSA) is 15.3 Å². The number of nitrogens with zero attached hydrogens (tertiary/aromatic N) is 1. The first-order chi connectivity index (χ1) is 5.57. The van der Waals surface area contributed by atoms with E-state index in [0.29, 0.717) is 12.1 Å². The molecule has 2 heteroatoms. The highest BCUT2D eigenvalue weighted by Crippen LogP contribution is 2.01. The molecule has 74 valence electrons. The Morgan fingerprint density at radius 2 is 1.83 bits per heavy atom. The Labute approximate surface area is 77.3 Å². The Balaban J connectivity index is 3.63. The molecule has 0 bridgehead atoms. The Hall–Kier alpha value is -0.0800. The molecule has 0 radical (unpaired) electrons. The minimum absolute atomic E-state index is 0.601. The first kappa shape index (κ1) is 11.9. The first-order valence-corrected chi connectivity index (χ1v) is 4.97. The van der Waals surface area contributed by atoms with Crippen molar-refractivity contribution in [1.29, 1.82) is 0 Å². The number of nitrogens with one attached hydrogen (secondary N) is 1. The fourth-order valence-electron chi connectivity index (χ4n) is 1.25. The molecule has 0 fully saturated rings. The third-order valence-electron chi connectivity index (χ3n) is 2.11. The maximum Gasteiger partial charge on any atom is 0.0214 e. The Kier molecular flexibility index (Phi) is 6.39. The Morgan fingerprint density at radius 1 is 1.25 bits per heavy atom. The van der Waals surface area contributed by atoms with Gasteiger partial charge in [-0.1, -0.05) is 27.2 Å². The van der Waals surface area contributed by atoms with Crippen LogP contribution in [0.1, 0.15) is 33.6 Å². The van der Waals surface area contributed by atoms with Crippen LogP contribution >= 0.6 is 0 Å². The van der Waals surface area contributed by atoms with Crippen molar-refractivity contribution in [2.45, 2.75) is 45.7 Å². The summed E-state index contributed by atoms with van der Waals surface area (Å²) in [5.41, 5.74) is 0. The summed E-state index contributed by atoms with van der Waals surface area (Å²) < 4.78 is 0. The molecule has 0 heterocycles. The molecule has 2 nitrogen and oxygen atoms in total. The molecular formula is C10H24N2. The quantitative estimate of drug-likeness (QED) is 0.656. The first-order valence-electron chi connectivity index (χ1n) is 4.97. The smallest absolute Gasteiger partial charge is 0.0214 e. The average Bonchev–Trinajstić information content (AvgIpc) is 1.96. The highest BCUT2D eigenvalue weighted by Gasteiger charge is 2.09. The van der Waals surface area contributed by atoms with Gasteiger partial charge in [-0.15, -0.1) is 0 Å². The molecule has 0 amide bonds. The van der Waals surface area contributed by atoms with Crippen LogP contribution in [0.4, 0.5) is 0 Å². The summed E-state index contributed by atoms with van der Waals surface area (Å²) in [7, 11) is 4.31.